The second-order valence-electron chi connectivity index (χ2n) is 3.82. The molecule has 1 aromatic carbocycles. The smallest absolute Gasteiger partial charge is 0.423 e. The summed E-state index contributed by atoms with van der Waals surface area (Å²) in [7, 11) is 0.680. The van der Waals surface area contributed by atoms with Gasteiger partial charge in [-0.05, 0) is 32.0 Å². The Balaban J connectivity index is 0.000000212. The maximum absolute atomic E-state index is 10.2. The number of likely N-dealkylation sites (tertiary alicyclic amines) is 1. The number of carbonyl (C=O) groups is 1. The molecule has 0 aliphatic carbocycles. The lowest BCUT2D eigenvalue weighted by Gasteiger charge is -2.24. The molecule has 1 aromatic rings. The molecule has 16 heavy (non-hydrogen) atoms. The highest BCUT2D eigenvalue weighted by molar-refractivity contribution is 6.58. The third kappa shape index (κ3) is 4.14. The minimum absolute atomic E-state index is 0.385. The van der Waals surface area contributed by atoms with Crippen LogP contribution in [-0.2, 0) is 0 Å². The van der Waals surface area contributed by atoms with E-state index in [1.807, 2.05) is 0 Å². The summed E-state index contributed by atoms with van der Waals surface area (Å²) in [5.41, 5.74) is 0.907. The van der Waals surface area contributed by atoms with Gasteiger partial charge in [0.15, 0.2) is 0 Å². The van der Waals surface area contributed by atoms with Gasteiger partial charge in [0.05, 0.1) is 0 Å². The fraction of sp³-hybridized carbons (Fsp3) is 0.364. The second kappa shape index (κ2) is 6.42. The van der Waals surface area contributed by atoms with Crippen LogP contribution in [0.25, 0.3) is 0 Å². The van der Waals surface area contributed by atoms with Crippen molar-refractivity contribution in [2.75, 3.05) is 20.1 Å². The summed E-state index contributed by atoms with van der Waals surface area (Å²) in [6.07, 6.45) is 2.12. The highest BCUT2D eigenvalue weighted by Gasteiger charge is 2.08. The summed E-state index contributed by atoms with van der Waals surface area (Å²) < 4.78 is 0. The maximum Gasteiger partial charge on any atom is 0.488 e. The number of hydrogen-bond donors (Lipinski definition) is 2. The van der Waals surface area contributed by atoms with Crippen LogP contribution in [-0.4, -0.2) is 48.5 Å². The Morgan fingerprint density at radius 3 is 2.00 bits per heavy atom. The molecule has 0 saturated carbocycles. The highest BCUT2D eigenvalue weighted by Crippen LogP contribution is 1.98. The van der Waals surface area contributed by atoms with Gasteiger partial charge >= 0.3 is 7.12 Å². The van der Waals surface area contributed by atoms with E-state index in [9.17, 15) is 4.79 Å². The molecule has 1 fully saturated rings. The molecule has 1 aliphatic rings. The van der Waals surface area contributed by atoms with Gasteiger partial charge in [-0.25, -0.2) is 0 Å². The van der Waals surface area contributed by atoms with E-state index in [0.717, 1.165) is 0 Å². The van der Waals surface area contributed by atoms with Gasteiger partial charge in [-0.1, -0.05) is 24.3 Å². The lowest BCUT2D eigenvalue weighted by atomic mass is 9.80. The summed E-state index contributed by atoms with van der Waals surface area (Å²) in [5.74, 6) is 0. The van der Waals surface area contributed by atoms with E-state index in [-0.39, 0.29) is 0 Å². The van der Waals surface area contributed by atoms with Gasteiger partial charge in [-0.15, -0.1) is 0 Å². The molecule has 1 saturated heterocycles. The lowest BCUT2D eigenvalue weighted by molar-refractivity contribution is 0.112. The summed E-state index contributed by atoms with van der Waals surface area (Å²) in [6.45, 7) is 2.64. The van der Waals surface area contributed by atoms with Gasteiger partial charge in [0.25, 0.3) is 0 Å². The van der Waals surface area contributed by atoms with Crippen molar-refractivity contribution in [1.82, 2.24) is 4.90 Å². The zero-order chi connectivity index (χ0) is 12.0. The molecule has 0 radical (unpaired) electrons. The molecular formula is C11H16BNO3. The van der Waals surface area contributed by atoms with Gasteiger partial charge < -0.3 is 14.9 Å². The molecule has 4 nitrogen and oxygen atoms in total. The summed E-state index contributed by atoms with van der Waals surface area (Å²) in [5, 5.41) is 17.3. The van der Waals surface area contributed by atoms with Gasteiger partial charge in [0.1, 0.15) is 6.29 Å². The van der Waals surface area contributed by atoms with E-state index in [1.165, 1.54) is 43.8 Å². The zero-order valence-electron chi connectivity index (χ0n) is 9.34. The Morgan fingerprint density at radius 1 is 1.25 bits per heavy atom. The third-order valence-corrected chi connectivity index (χ3v) is 2.45. The normalized spacial score (nSPS) is 14.4. The van der Waals surface area contributed by atoms with Crippen molar-refractivity contribution in [3.63, 3.8) is 0 Å². The molecule has 2 rings (SSSR count). The molecule has 2 N–H and O–H groups in total. The quantitative estimate of drug-likeness (QED) is 0.522. The fourth-order valence-corrected chi connectivity index (χ4v) is 1.22. The van der Waals surface area contributed by atoms with E-state index in [4.69, 9.17) is 10.0 Å². The molecular weight excluding hydrogens is 205 g/mol. The van der Waals surface area contributed by atoms with Crippen molar-refractivity contribution in [3.8, 4) is 0 Å². The molecule has 0 bridgehead atoms. The molecule has 5 heteroatoms. The minimum Gasteiger partial charge on any atom is -0.423 e. The van der Waals surface area contributed by atoms with Crippen molar-refractivity contribution in [1.29, 1.82) is 0 Å². The molecule has 1 heterocycles. The van der Waals surface area contributed by atoms with Gasteiger partial charge in [-0.2, -0.15) is 0 Å². The summed E-state index contributed by atoms with van der Waals surface area (Å²) >= 11 is 0. The van der Waals surface area contributed by atoms with Crippen LogP contribution in [0.5, 0.6) is 0 Å². The van der Waals surface area contributed by atoms with Crippen LogP contribution in [0.1, 0.15) is 16.8 Å². The monoisotopic (exact) mass is 221 g/mol. The topological polar surface area (TPSA) is 60.8 Å². The van der Waals surface area contributed by atoms with Crippen LogP contribution in [0.2, 0.25) is 0 Å². The third-order valence-electron chi connectivity index (χ3n) is 2.45. The minimum atomic E-state index is -1.46. The molecule has 0 unspecified atom stereocenters. The molecule has 1 aliphatic heterocycles. The first-order chi connectivity index (χ1) is 7.63. The SMILES string of the molecule is CN1CCC1.O=Cc1ccc(B(O)O)cc1. The average Bonchev–Trinajstić information content (AvgIpc) is 2.27. The predicted octanol–water partition coefficient (Wildman–Crippen LogP) is -0.499. The highest BCUT2D eigenvalue weighted by atomic mass is 16.4. The van der Waals surface area contributed by atoms with Gasteiger partial charge in [0.2, 0.25) is 0 Å². The van der Waals surface area contributed by atoms with Crippen molar-refractivity contribution >= 4 is 18.9 Å². The molecule has 86 valence electrons. The number of rotatable bonds is 2. The summed E-state index contributed by atoms with van der Waals surface area (Å²) in [4.78, 5) is 12.5. The van der Waals surface area contributed by atoms with Crippen molar-refractivity contribution < 1.29 is 14.8 Å². The number of aldehydes is 1. The van der Waals surface area contributed by atoms with Crippen LogP contribution >= 0.6 is 0 Å². The first kappa shape index (κ1) is 12.9. The first-order valence-electron chi connectivity index (χ1n) is 5.23. The van der Waals surface area contributed by atoms with Crippen LogP contribution in [0.4, 0.5) is 0 Å². The molecule has 0 atom stereocenters. The Hall–Kier alpha value is -1.17. The largest absolute Gasteiger partial charge is 0.488 e. The van der Waals surface area contributed by atoms with Crippen LogP contribution in [0, 0.1) is 0 Å². The van der Waals surface area contributed by atoms with Crippen LogP contribution in [0.15, 0.2) is 24.3 Å². The predicted molar refractivity (Wildman–Crippen MR) is 63.8 cm³/mol. The lowest BCUT2D eigenvalue weighted by Crippen LogP contribution is -2.32. The van der Waals surface area contributed by atoms with Crippen molar-refractivity contribution in [3.05, 3.63) is 29.8 Å². The van der Waals surface area contributed by atoms with E-state index in [0.29, 0.717) is 17.3 Å². The van der Waals surface area contributed by atoms with Crippen LogP contribution < -0.4 is 5.46 Å². The molecule has 0 spiro atoms. The zero-order valence-corrected chi connectivity index (χ0v) is 9.34. The average molecular weight is 221 g/mol. The van der Waals surface area contributed by atoms with Gasteiger partial charge in [-0.3, -0.25) is 4.79 Å². The van der Waals surface area contributed by atoms with Crippen molar-refractivity contribution in [2.24, 2.45) is 0 Å². The van der Waals surface area contributed by atoms with Crippen molar-refractivity contribution in [2.45, 2.75) is 6.42 Å². The van der Waals surface area contributed by atoms with Crippen LogP contribution in [0.3, 0.4) is 0 Å². The number of nitrogens with zero attached hydrogens (tertiary/aromatic N) is 1. The maximum atomic E-state index is 10.2. The van der Waals surface area contributed by atoms with E-state index < -0.39 is 7.12 Å². The van der Waals surface area contributed by atoms with E-state index in [2.05, 4.69) is 11.9 Å². The molecule has 0 aromatic heterocycles. The second-order valence-corrected chi connectivity index (χ2v) is 3.82. The number of carbonyl (C=O) groups excluding carboxylic acids is 1. The van der Waals surface area contributed by atoms with E-state index in [1.54, 1.807) is 0 Å². The Bertz CT molecular complexity index is 323. The Kier molecular flexibility index (Phi) is 5.18. The standard InChI is InChI=1S/C7H7BO3.C4H9N/c9-5-6-1-3-7(4-2-6)8(10)11;1-5-3-2-4-5/h1-5,10-11H;2-4H2,1H3. The first-order valence-corrected chi connectivity index (χ1v) is 5.23. The number of benzene rings is 1. The fourth-order valence-electron chi connectivity index (χ4n) is 1.22. The summed E-state index contributed by atoms with van der Waals surface area (Å²) in [6, 6.07) is 6.05. The number of hydrogen-bond acceptors (Lipinski definition) is 4. The molecule has 0 amide bonds. The Morgan fingerprint density at radius 2 is 1.75 bits per heavy atom. The Labute approximate surface area is 95.7 Å². The van der Waals surface area contributed by atoms with E-state index >= 15 is 0 Å². The van der Waals surface area contributed by atoms with Gasteiger partial charge in [0, 0.05) is 5.56 Å².